The summed E-state index contributed by atoms with van der Waals surface area (Å²) in [7, 11) is 0. The Balaban J connectivity index is 2.18. The number of amides is 2. The van der Waals surface area contributed by atoms with E-state index in [2.05, 4.69) is 0 Å². The molecule has 0 aromatic carbocycles. The van der Waals surface area contributed by atoms with E-state index in [1.54, 1.807) is 4.90 Å². The zero-order chi connectivity index (χ0) is 15.7. The number of aliphatic carboxylic acids is 1. The summed E-state index contributed by atoms with van der Waals surface area (Å²) in [6, 6.07) is -0.777. The number of carbonyl (C=O) groups excluding carboxylic acids is 2. The van der Waals surface area contributed by atoms with Crippen LogP contribution in [0, 0.1) is 11.8 Å². The molecule has 1 N–H and O–H groups in total. The van der Waals surface area contributed by atoms with E-state index in [1.165, 1.54) is 16.7 Å². The summed E-state index contributed by atoms with van der Waals surface area (Å²) >= 11 is 1.52. The lowest BCUT2D eigenvalue weighted by Gasteiger charge is -2.31. The first-order valence-corrected chi connectivity index (χ1v) is 8.36. The molecule has 0 saturated carbocycles. The normalized spacial score (nSPS) is 29.5. The van der Waals surface area contributed by atoms with Crippen molar-refractivity contribution in [3.63, 3.8) is 0 Å². The third kappa shape index (κ3) is 3.02. The molecule has 2 amide bonds. The standard InChI is InChI=1S/C14H22N2O4S/c1-4-15-6-9(5-11(15)17)12(18)16-10(14(19)20)7-21-13(16)8(2)3/h8-10,13H,4-7H2,1-3H3,(H,19,20). The highest BCUT2D eigenvalue weighted by Crippen LogP contribution is 2.36. The first-order chi connectivity index (χ1) is 9.86. The number of rotatable bonds is 4. The fraction of sp³-hybridized carbons (Fsp3) is 0.786. The molecule has 2 aliphatic heterocycles. The van der Waals surface area contributed by atoms with Crippen LogP contribution in [-0.2, 0) is 14.4 Å². The van der Waals surface area contributed by atoms with Crippen LogP contribution in [0.5, 0.6) is 0 Å². The van der Waals surface area contributed by atoms with E-state index < -0.39 is 17.9 Å². The Morgan fingerprint density at radius 3 is 2.57 bits per heavy atom. The zero-order valence-corrected chi connectivity index (χ0v) is 13.4. The lowest BCUT2D eigenvalue weighted by Crippen LogP contribution is -2.49. The Bertz CT molecular complexity index is 454. The minimum absolute atomic E-state index is 0.0179. The Morgan fingerprint density at radius 2 is 2.10 bits per heavy atom. The number of nitrogens with zero attached hydrogens (tertiary/aromatic N) is 2. The fourth-order valence-corrected chi connectivity index (χ4v) is 4.44. The molecule has 0 aliphatic carbocycles. The van der Waals surface area contributed by atoms with Crippen LogP contribution in [0.4, 0.5) is 0 Å². The molecule has 2 fully saturated rings. The van der Waals surface area contributed by atoms with Gasteiger partial charge in [-0.3, -0.25) is 9.59 Å². The van der Waals surface area contributed by atoms with Gasteiger partial charge in [-0.25, -0.2) is 4.79 Å². The summed E-state index contributed by atoms with van der Waals surface area (Å²) in [5.74, 6) is -0.967. The molecule has 0 aromatic rings. The first kappa shape index (κ1) is 16.1. The highest BCUT2D eigenvalue weighted by Gasteiger charge is 2.46. The van der Waals surface area contributed by atoms with Crippen LogP contribution in [-0.4, -0.2) is 62.9 Å². The van der Waals surface area contributed by atoms with Gasteiger partial charge in [-0.15, -0.1) is 11.8 Å². The van der Waals surface area contributed by atoms with Gasteiger partial charge < -0.3 is 14.9 Å². The second kappa shape index (κ2) is 6.25. The van der Waals surface area contributed by atoms with Gasteiger partial charge >= 0.3 is 5.97 Å². The maximum atomic E-state index is 12.8. The van der Waals surface area contributed by atoms with Crippen molar-refractivity contribution in [2.75, 3.05) is 18.8 Å². The van der Waals surface area contributed by atoms with Crippen LogP contribution >= 0.6 is 11.8 Å². The molecular formula is C14H22N2O4S. The van der Waals surface area contributed by atoms with Crippen LogP contribution < -0.4 is 0 Å². The van der Waals surface area contributed by atoms with Crippen molar-refractivity contribution in [1.82, 2.24) is 9.80 Å². The van der Waals surface area contributed by atoms with Crippen molar-refractivity contribution in [2.24, 2.45) is 11.8 Å². The molecule has 0 bridgehead atoms. The van der Waals surface area contributed by atoms with Crippen LogP contribution in [0.15, 0.2) is 0 Å². The highest BCUT2D eigenvalue weighted by atomic mass is 32.2. The average Bonchev–Trinajstić information content (AvgIpc) is 3.01. The molecule has 6 nitrogen and oxygen atoms in total. The fourth-order valence-electron chi connectivity index (χ4n) is 2.96. The van der Waals surface area contributed by atoms with Crippen LogP contribution in [0.1, 0.15) is 27.2 Å². The number of likely N-dealkylation sites (tertiary alicyclic amines) is 1. The van der Waals surface area contributed by atoms with Gasteiger partial charge in [-0.2, -0.15) is 0 Å². The van der Waals surface area contributed by atoms with E-state index in [4.69, 9.17) is 0 Å². The van der Waals surface area contributed by atoms with E-state index in [0.717, 1.165) is 0 Å². The molecule has 2 rings (SSSR count). The smallest absolute Gasteiger partial charge is 0.327 e. The Kier molecular flexibility index (Phi) is 4.81. The monoisotopic (exact) mass is 314 g/mol. The lowest BCUT2D eigenvalue weighted by molar-refractivity contribution is -0.151. The van der Waals surface area contributed by atoms with E-state index in [1.807, 2.05) is 20.8 Å². The van der Waals surface area contributed by atoms with Crippen molar-refractivity contribution in [1.29, 1.82) is 0 Å². The summed E-state index contributed by atoms with van der Waals surface area (Å²) in [5.41, 5.74) is 0. The third-order valence-electron chi connectivity index (χ3n) is 4.09. The number of hydrogen-bond acceptors (Lipinski definition) is 4. The Morgan fingerprint density at radius 1 is 1.43 bits per heavy atom. The minimum atomic E-state index is -0.962. The predicted molar refractivity (Wildman–Crippen MR) is 79.7 cm³/mol. The van der Waals surface area contributed by atoms with Gasteiger partial charge in [0.1, 0.15) is 6.04 Å². The summed E-state index contributed by atoms with van der Waals surface area (Å²) < 4.78 is 0. The Hall–Kier alpha value is -1.24. The van der Waals surface area contributed by atoms with E-state index in [9.17, 15) is 19.5 Å². The van der Waals surface area contributed by atoms with Crippen LogP contribution in [0.3, 0.4) is 0 Å². The van der Waals surface area contributed by atoms with Gasteiger partial charge in [-0.05, 0) is 12.8 Å². The van der Waals surface area contributed by atoms with Crippen LogP contribution in [0.2, 0.25) is 0 Å². The van der Waals surface area contributed by atoms with Gasteiger partial charge in [0.2, 0.25) is 11.8 Å². The Labute approximate surface area is 128 Å². The van der Waals surface area contributed by atoms with Crippen LogP contribution in [0.25, 0.3) is 0 Å². The van der Waals surface area contributed by atoms with Crippen molar-refractivity contribution in [3.05, 3.63) is 0 Å². The third-order valence-corrected chi connectivity index (χ3v) is 5.71. The summed E-state index contributed by atoms with van der Waals surface area (Å²) in [5, 5.41) is 9.22. The first-order valence-electron chi connectivity index (χ1n) is 7.31. The average molecular weight is 314 g/mol. The summed E-state index contributed by atoms with van der Waals surface area (Å²) in [4.78, 5) is 39.1. The maximum Gasteiger partial charge on any atom is 0.327 e. The minimum Gasteiger partial charge on any atom is -0.480 e. The van der Waals surface area contributed by atoms with Crippen molar-refractivity contribution in [2.45, 2.75) is 38.6 Å². The predicted octanol–water partition coefficient (Wildman–Crippen LogP) is 0.866. The van der Waals surface area contributed by atoms with Crippen molar-refractivity contribution < 1.29 is 19.5 Å². The largest absolute Gasteiger partial charge is 0.480 e. The number of thioether (sulfide) groups is 1. The van der Waals surface area contributed by atoms with Gasteiger partial charge in [0, 0.05) is 25.3 Å². The molecule has 7 heteroatoms. The van der Waals surface area contributed by atoms with E-state index in [-0.39, 0.29) is 29.5 Å². The molecule has 0 aromatic heterocycles. The van der Waals surface area contributed by atoms with Crippen molar-refractivity contribution >= 4 is 29.5 Å². The van der Waals surface area contributed by atoms with Gasteiger partial charge in [-0.1, -0.05) is 13.8 Å². The molecule has 2 saturated heterocycles. The molecule has 0 spiro atoms. The van der Waals surface area contributed by atoms with Crippen molar-refractivity contribution in [3.8, 4) is 0 Å². The van der Waals surface area contributed by atoms with E-state index in [0.29, 0.717) is 18.8 Å². The molecular weight excluding hydrogens is 292 g/mol. The molecule has 0 radical (unpaired) electrons. The highest BCUT2D eigenvalue weighted by molar-refractivity contribution is 8.00. The second-order valence-corrected chi connectivity index (χ2v) is 7.05. The number of carboxylic acid groups (broad SMARTS) is 1. The van der Waals surface area contributed by atoms with Gasteiger partial charge in [0.05, 0.1) is 11.3 Å². The molecule has 3 atom stereocenters. The molecule has 3 unspecified atom stereocenters. The van der Waals surface area contributed by atoms with E-state index >= 15 is 0 Å². The maximum absolute atomic E-state index is 12.8. The van der Waals surface area contributed by atoms with Gasteiger partial charge in [0.25, 0.3) is 0 Å². The zero-order valence-electron chi connectivity index (χ0n) is 12.6. The lowest BCUT2D eigenvalue weighted by atomic mass is 10.0. The number of hydrogen-bond donors (Lipinski definition) is 1. The van der Waals surface area contributed by atoms with Gasteiger partial charge in [0.15, 0.2) is 0 Å². The molecule has 2 heterocycles. The number of carbonyl (C=O) groups is 3. The molecule has 2 aliphatic rings. The SMILES string of the molecule is CCN1CC(C(=O)N2C(C(=O)O)CSC2C(C)C)CC1=O. The topological polar surface area (TPSA) is 77.9 Å². The quantitative estimate of drug-likeness (QED) is 0.833. The second-order valence-electron chi connectivity index (χ2n) is 5.90. The summed E-state index contributed by atoms with van der Waals surface area (Å²) in [6.07, 6.45) is 0.199. The number of carboxylic acids is 1. The molecule has 21 heavy (non-hydrogen) atoms. The molecule has 118 valence electrons. The summed E-state index contributed by atoms with van der Waals surface area (Å²) in [6.45, 7) is 6.86.